The van der Waals surface area contributed by atoms with Crippen LogP contribution in [-0.2, 0) is 6.54 Å². The first-order valence-electron chi connectivity index (χ1n) is 6.00. The van der Waals surface area contributed by atoms with Crippen molar-refractivity contribution >= 4 is 0 Å². The first kappa shape index (κ1) is 11.9. The molecule has 1 N–H and O–H groups in total. The van der Waals surface area contributed by atoms with Gasteiger partial charge in [-0.1, -0.05) is 29.8 Å². The highest BCUT2D eigenvalue weighted by Crippen LogP contribution is 2.16. The predicted octanol–water partition coefficient (Wildman–Crippen LogP) is 3.75. The second kappa shape index (κ2) is 5.19. The lowest BCUT2D eigenvalue weighted by Gasteiger charge is -2.11. The zero-order valence-electron chi connectivity index (χ0n) is 10.7. The van der Waals surface area contributed by atoms with Crippen LogP contribution in [0.25, 0.3) is 0 Å². The molecule has 2 rings (SSSR count). The van der Waals surface area contributed by atoms with Gasteiger partial charge in [-0.3, -0.25) is 0 Å². The number of aryl methyl sites for hydroxylation is 2. The van der Waals surface area contributed by atoms with Crippen LogP contribution in [0.3, 0.4) is 0 Å². The second-order valence-electron chi connectivity index (χ2n) is 4.54. The maximum absolute atomic E-state index is 5.59. The van der Waals surface area contributed by atoms with Crippen molar-refractivity contribution in [2.24, 2.45) is 0 Å². The van der Waals surface area contributed by atoms with Crippen LogP contribution in [-0.4, -0.2) is 0 Å². The van der Waals surface area contributed by atoms with Gasteiger partial charge in [0.2, 0.25) is 0 Å². The molecule has 0 spiro atoms. The molecule has 1 unspecified atom stereocenters. The third-order valence-corrected chi connectivity index (χ3v) is 2.88. The SMILES string of the molecule is Cc1cccc(CNC(C)c2ccc(C)o2)c1. The van der Waals surface area contributed by atoms with Crippen molar-refractivity contribution in [2.45, 2.75) is 33.4 Å². The molecular formula is C15H19NO. The smallest absolute Gasteiger partial charge is 0.120 e. The molecule has 0 bridgehead atoms. The largest absolute Gasteiger partial charge is 0.465 e. The van der Waals surface area contributed by atoms with Crippen LogP contribution in [0.2, 0.25) is 0 Å². The summed E-state index contributed by atoms with van der Waals surface area (Å²) in [5.41, 5.74) is 2.60. The third kappa shape index (κ3) is 3.21. The fraction of sp³-hybridized carbons (Fsp3) is 0.333. The Hall–Kier alpha value is -1.54. The van der Waals surface area contributed by atoms with Crippen LogP contribution >= 0.6 is 0 Å². The van der Waals surface area contributed by atoms with Gasteiger partial charge in [0.05, 0.1) is 6.04 Å². The molecule has 0 amide bonds. The highest BCUT2D eigenvalue weighted by Gasteiger charge is 2.08. The number of nitrogens with one attached hydrogen (secondary N) is 1. The van der Waals surface area contributed by atoms with Gasteiger partial charge < -0.3 is 9.73 Å². The van der Waals surface area contributed by atoms with E-state index in [9.17, 15) is 0 Å². The summed E-state index contributed by atoms with van der Waals surface area (Å²) in [7, 11) is 0. The second-order valence-corrected chi connectivity index (χ2v) is 4.54. The quantitative estimate of drug-likeness (QED) is 0.863. The lowest BCUT2D eigenvalue weighted by Crippen LogP contribution is -2.17. The average Bonchev–Trinajstić information content (AvgIpc) is 2.73. The summed E-state index contributed by atoms with van der Waals surface area (Å²) in [5.74, 6) is 1.96. The number of rotatable bonds is 4. The summed E-state index contributed by atoms with van der Waals surface area (Å²) in [6.45, 7) is 7.07. The predicted molar refractivity (Wildman–Crippen MR) is 69.9 cm³/mol. The van der Waals surface area contributed by atoms with Crippen LogP contribution in [0.1, 0.15) is 35.6 Å². The Morgan fingerprint density at radius 2 is 2.00 bits per heavy atom. The molecule has 1 heterocycles. The summed E-state index contributed by atoms with van der Waals surface area (Å²) in [4.78, 5) is 0. The maximum atomic E-state index is 5.59. The Labute approximate surface area is 103 Å². The molecule has 1 aromatic carbocycles. The monoisotopic (exact) mass is 229 g/mol. The Kier molecular flexibility index (Phi) is 3.64. The van der Waals surface area contributed by atoms with Gasteiger partial charge >= 0.3 is 0 Å². The van der Waals surface area contributed by atoms with Crippen molar-refractivity contribution in [3.8, 4) is 0 Å². The van der Waals surface area contributed by atoms with Gasteiger partial charge in [0.1, 0.15) is 11.5 Å². The summed E-state index contributed by atoms with van der Waals surface area (Å²) in [6.07, 6.45) is 0. The van der Waals surface area contributed by atoms with Crippen molar-refractivity contribution < 1.29 is 4.42 Å². The maximum Gasteiger partial charge on any atom is 0.120 e. The van der Waals surface area contributed by atoms with Gasteiger partial charge in [0.25, 0.3) is 0 Å². The highest BCUT2D eigenvalue weighted by molar-refractivity contribution is 5.22. The van der Waals surface area contributed by atoms with Gasteiger partial charge in [0, 0.05) is 6.54 Å². The zero-order chi connectivity index (χ0) is 12.3. The standard InChI is InChI=1S/C15H19NO/c1-11-5-4-6-14(9-11)10-16-13(3)15-8-7-12(2)17-15/h4-9,13,16H,10H2,1-3H3. The van der Waals surface area contributed by atoms with Crippen LogP contribution in [0.15, 0.2) is 40.8 Å². The molecule has 2 nitrogen and oxygen atoms in total. The Balaban J connectivity index is 1.94. The topological polar surface area (TPSA) is 25.2 Å². The van der Waals surface area contributed by atoms with E-state index in [1.165, 1.54) is 11.1 Å². The van der Waals surface area contributed by atoms with Gasteiger partial charge in [0.15, 0.2) is 0 Å². The van der Waals surface area contributed by atoms with E-state index in [4.69, 9.17) is 4.42 Å². The first-order chi connectivity index (χ1) is 8.15. The van der Waals surface area contributed by atoms with Crippen molar-refractivity contribution in [1.29, 1.82) is 0 Å². The molecule has 0 aliphatic carbocycles. The normalized spacial score (nSPS) is 12.6. The molecule has 0 saturated heterocycles. The molecule has 0 fully saturated rings. The molecule has 90 valence electrons. The van der Waals surface area contributed by atoms with Crippen molar-refractivity contribution in [1.82, 2.24) is 5.32 Å². The van der Waals surface area contributed by atoms with Gasteiger partial charge in [-0.05, 0) is 38.5 Å². The van der Waals surface area contributed by atoms with Gasteiger partial charge in [-0.2, -0.15) is 0 Å². The number of benzene rings is 1. The minimum Gasteiger partial charge on any atom is -0.465 e. The summed E-state index contributed by atoms with van der Waals surface area (Å²) in [6, 6.07) is 12.8. The Morgan fingerprint density at radius 1 is 1.18 bits per heavy atom. The molecule has 2 heteroatoms. The van der Waals surface area contributed by atoms with E-state index in [0.29, 0.717) is 0 Å². The van der Waals surface area contributed by atoms with Crippen LogP contribution in [0.4, 0.5) is 0 Å². The minimum absolute atomic E-state index is 0.240. The summed E-state index contributed by atoms with van der Waals surface area (Å²) < 4.78 is 5.59. The van der Waals surface area contributed by atoms with Crippen molar-refractivity contribution in [2.75, 3.05) is 0 Å². The minimum atomic E-state index is 0.240. The molecule has 0 aliphatic heterocycles. The number of hydrogen-bond acceptors (Lipinski definition) is 2. The van der Waals surface area contributed by atoms with Gasteiger partial charge in [-0.15, -0.1) is 0 Å². The van der Waals surface area contributed by atoms with E-state index < -0.39 is 0 Å². The van der Waals surface area contributed by atoms with E-state index in [0.717, 1.165) is 18.1 Å². The van der Waals surface area contributed by atoms with Crippen molar-refractivity contribution in [3.05, 3.63) is 59.0 Å². The van der Waals surface area contributed by atoms with E-state index >= 15 is 0 Å². The summed E-state index contributed by atoms with van der Waals surface area (Å²) >= 11 is 0. The fourth-order valence-electron chi connectivity index (χ4n) is 1.88. The van der Waals surface area contributed by atoms with E-state index in [-0.39, 0.29) is 6.04 Å². The van der Waals surface area contributed by atoms with E-state index in [2.05, 4.69) is 43.4 Å². The molecule has 0 radical (unpaired) electrons. The van der Waals surface area contributed by atoms with E-state index in [1.807, 2.05) is 19.1 Å². The van der Waals surface area contributed by atoms with E-state index in [1.54, 1.807) is 0 Å². The Morgan fingerprint density at radius 3 is 2.65 bits per heavy atom. The zero-order valence-corrected chi connectivity index (χ0v) is 10.7. The number of hydrogen-bond donors (Lipinski definition) is 1. The molecule has 1 atom stereocenters. The van der Waals surface area contributed by atoms with Crippen LogP contribution in [0.5, 0.6) is 0 Å². The number of furan rings is 1. The lowest BCUT2D eigenvalue weighted by molar-refractivity contribution is 0.416. The van der Waals surface area contributed by atoms with Crippen LogP contribution < -0.4 is 5.32 Å². The molecule has 0 aliphatic rings. The molecule has 0 saturated carbocycles. The van der Waals surface area contributed by atoms with Crippen molar-refractivity contribution in [3.63, 3.8) is 0 Å². The Bertz CT molecular complexity index is 487. The highest BCUT2D eigenvalue weighted by atomic mass is 16.3. The first-order valence-corrected chi connectivity index (χ1v) is 6.00. The fourth-order valence-corrected chi connectivity index (χ4v) is 1.88. The van der Waals surface area contributed by atoms with Gasteiger partial charge in [-0.25, -0.2) is 0 Å². The van der Waals surface area contributed by atoms with Crippen LogP contribution in [0, 0.1) is 13.8 Å². The molecule has 17 heavy (non-hydrogen) atoms. The summed E-state index contributed by atoms with van der Waals surface area (Å²) in [5, 5.41) is 3.46. The molecule has 2 aromatic rings. The lowest BCUT2D eigenvalue weighted by atomic mass is 10.1. The molecule has 1 aromatic heterocycles. The third-order valence-electron chi connectivity index (χ3n) is 2.88. The average molecular weight is 229 g/mol. The molecular weight excluding hydrogens is 210 g/mol.